The smallest absolute Gasteiger partial charge is 0.119 e. The number of aliphatic hydroxyl groups excluding tert-OH is 1. The van der Waals surface area contributed by atoms with Gasteiger partial charge in [0.1, 0.15) is 5.75 Å². The summed E-state index contributed by atoms with van der Waals surface area (Å²) in [6.07, 6.45) is 0.964. The molecule has 2 N–H and O–H groups in total. The summed E-state index contributed by atoms with van der Waals surface area (Å²) in [7, 11) is 1.64. The van der Waals surface area contributed by atoms with Gasteiger partial charge in [-0.15, -0.1) is 0 Å². The van der Waals surface area contributed by atoms with Crippen molar-refractivity contribution < 1.29 is 14.6 Å². The predicted molar refractivity (Wildman–Crippen MR) is 65.2 cm³/mol. The molecule has 0 saturated carbocycles. The summed E-state index contributed by atoms with van der Waals surface area (Å²) >= 11 is 0. The molecule has 0 bridgehead atoms. The third-order valence-electron chi connectivity index (χ3n) is 3.17. The van der Waals surface area contributed by atoms with Crippen LogP contribution >= 0.6 is 0 Å². The second-order valence-electron chi connectivity index (χ2n) is 4.31. The van der Waals surface area contributed by atoms with Crippen molar-refractivity contribution in [2.45, 2.75) is 12.0 Å². The minimum Gasteiger partial charge on any atom is -0.497 e. The summed E-state index contributed by atoms with van der Waals surface area (Å²) in [4.78, 5) is 0. The molecule has 1 fully saturated rings. The van der Waals surface area contributed by atoms with E-state index in [-0.39, 0.29) is 6.61 Å². The van der Waals surface area contributed by atoms with Gasteiger partial charge < -0.3 is 19.9 Å². The fourth-order valence-electron chi connectivity index (χ4n) is 2.10. The second kappa shape index (κ2) is 5.49. The maximum atomic E-state index is 9.70. The molecule has 0 aromatic heterocycles. The summed E-state index contributed by atoms with van der Waals surface area (Å²) in [5, 5.41) is 13.1. The highest BCUT2D eigenvalue weighted by Gasteiger charge is 2.33. The molecule has 1 aromatic rings. The first kappa shape index (κ1) is 12.4. The summed E-state index contributed by atoms with van der Waals surface area (Å²) in [6, 6.07) is 7.75. The van der Waals surface area contributed by atoms with Crippen LogP contribution in [0.3, 0.4) is 0 Å². The first-order valence-electron chi connectivity index (χ1n) is 5.89. The fourth-order valence-corrected chi connectivity index (χ4v) is 2.10. The Kier molecular flexibility index (Phi) is 3.99. The van der Waals surface area contributed by atoms with Gasteiger partial charge in [0.05, 0.1) is 25.9 Å². The van der Waals surface area contributed by atoms with Gasteiger partial charge in [0.2, 0.25) is 0 Å². The molecule has 1 aliphatic heterocycles. The van der Waals surface area contributed by atoms with E-state index in [1.807, 2.05) is 24.3 Å². The van der Waals surface area contributed by atoms with Crippen LogP contribution in [-0.4, -0.2) is 38.6 Å². The normalized spacial score (nSPS) is 25.3. The zero-order valence-corrected chi connectivity index (χ0v) is 10.1. The van der Waals surface area contributed by atoms with Gasteiger partial charge in [-0.1, -0.05) is 12.1 Å². The molecule has 94 valence electrons. The Bertz CT molecular complexity index is 359. The van der Waals surface area contributed by atoms with Gasteiger partial charge >= 0.3 is 0 Å². The molecule has 1 atom stereocenters. The molecule has 4 heteroatoms. The number of aliphatic hydroxyl groups is 1. The lowest BCUT2D eigenvalue weighted by molar-refractivity contribution is 0.0550. The predicted octanol–water partition coefficient (Wildman–Crippen LogP) is 0.893. The summed E-state index contributed by atoms with van der Waals surface area (Å²) < 4.78 is 10.8. The van der Waals surface area contributed by atoms with E-state index in [0.29, 0.717) is 6.61 Å². The van der Waals surface area contributed by atoms with E-state index < -0.39 is 5.54 Å². The number of rotatable bonds is 3. The minimum atomic E-state index is -0.509. The molecular formula is C13H19NO3. The van der Waals surface area contributed by atoms with Gasteiger partial charge in [-0.2, -0.15) is 0 Å². The van der Waals surface area contributed by atoms with Crippen molar-refractivity contribution in [3.05, 3.63) is 29.8 Å². The highest BCUT2D eigenvalue weighted by Crippen LogP contribution is 2.26. The molecule has 0 aliphatic carbocycles. The van der Waals surface area contributed by atoms with Crippen LogP contribution in [0, 0.1) is 0 Å². The van der Waals surface area contributed by atoms with Gasteiger partial charge in [0.15, 0.2) is 0 Å². The van der Waals surface area contributed by atoms with Gasteiger partial charge in [-0.25, -0.2) is 0 Å². The maximum absolute atomic E-state index is 9.70. The average Bonchev–Trinajstić information content (AvgIpc) is 2.65. The molecule has 0 spiro atoms. The molecule has 1 heterocycles. The van der Waals surface area contributed by atoms with E-state index in [2.05, 4.69) is 5.32 Å². The largest absolute Gasteiger partial charge is 0.497 e. The Morgan fingerprint density at radius 2 is 2.41 bits per heavy atom. The zero-order valence-electron chi connectivity index (χ0n) is 10.1. The molecule has 17 heavy (non-hydrogen) atoms. The molecule has 1 unspecified atom stereocenters. The summed E-state index contributed by atoms with van der Waals surface area (Å²) in [6.45, 7) is 2.08. The Morgan fingerprint density at radius 1 is 1.53 bits per heavy atom. The average molecular weight is 237 g/mol. The van der Waals surface area contributed by atoms with Gasteiger partial charge in [-0.05, 0) is 30.7 Å². The number of methoxy groups -OCH3 is 1. The van der Waals surface area contributed by atoms with E-state index in [9.17, 15) is 5.11 Å². The highest BCUT2D eigenvalue weighted by atomic mass is 16.5. The molecule has 0 radical (unpaired) electrons. The quantitative estimate of drug-likeness (QED) is 0.820. The monoisotopic (exact) mass is 237 g/mol. The molecule has 4 nitrogen and oxygen atoms in total. The zero-order chi connectivity index (χ0) is 12.1. The molecule has 1 saturated heterocycles. The molecule has 2 rings (SSSR count). The lowest BCUT2D eigenvalue weighted by atomic mass is 9.91. The number of nitrogens with one attached hydrogen (secondary N) is 1. The van der Waals surface area contributed by atoms with E-state index in [1.165, 1.54) is 0 Å². The Hall–Kier alpha value is -1.10. The van der Waals surface area contributed by atoms with Gasteiger partial charge in [-0.3, -0.25) is 0 Å². The first-order chi connectivity index (χ1) is 8.30. The lowest BCUT2D eigenvalue weighted by Crippen LogP contribution is -2.48. The second-order valence-corrected chi connectivity index (χ2v) is 4.31. The maximum Gasteiger partial charge on any atom is 0.119 e. The van der Waals surface area contributed by atoms with Crippen LogP contribution in [0.15, 0.2) is 24.3 Å². The van der Waals surface area contributed by atoms with Crippen LogP contribution in [0.25, 0.3) is 0 Å². The minimum absolute atomic E-state index is 0.0141. The number of hydrogen-bond acceptors (Lipinski definition) is 4. The highest BCUT2D eigenvalue weighted by molar-refractivity contribution is 5.34. The molecule has 0 amide bonds. The first-order valence-corrected chi connectivity index (χ1v) is 5.89. The van der Waals surface area contributed by atoms with E-state index >= 15 is 0 Å². The van der Waals surface area contributed by atoms with Crippen molar-refractivity contribution in [2.75, 3.05) is 33.5 Å². The third-order valence-corrected chi connectivity index (χ3v) is 3.17. The van der Waals surface area contributed by atoms with Crippen LogP contribution in [0.1, 0.15) is 12.0 Å². The van der Waals surface area contributed by atoms with Crippen molar-refractivity contribution in [1.82, 2.24) is 5.32 Å². The van der Waals surface area contributed by atoms with E-state index in [1.54, 1.807) is 7.11 Å². The number of benzene rings is 1. The van der Waals surface area contributed by atoms with E-state index in [4.69, 9.17) is 9.47 Å². The van der Waals surface area contributed by atoms with Crippen LogP contribution in [0.2, 0.25) is 0 Å². The van der Waals surface area contributed by atoms with Crippen molar-refractivity contribution in [1.29, 1.82) is 0 Å². The topological polar surface area (TPSA) is 50.7 Å². The van der Waals surface area contributed by atoms with E-state index in [0.717, 1.165) is 30.9 Å². The fraction of sp³-hybridized carbons (Fsp3) is 0.538. The summed E-state index contributed by atoms with van der Waals surface area (Å²) in [5.74, 6) is 0.793. The Labute approximate surface area is 102 Å². The molecule has 1 aromatic carbocycles. The van der Waals surface area contributed by atoms with Crippen molar-refractivity contribution in [2.24, 2.45) is 0 Å². The summed E-state index contributed by atoms with van der Waals surface area (Å²) in [5.41, 5.74) is 0.492. The number of hydrogen-bond donors (Lipinski definition) is 2. The van der Waals surface area contributed by atoms with Crippen molar-refractivity contribution >= 4 is 0 Å². The Balaban J connectivity index is 2.31. The molecular weight excluding hydrogens is 218 g/mol. The van der Waals surface area contributed by atoms with Crippen LogP contribution in [-0.2, 0) is 10.3 Å². The molecule has 1 aliphatic rings. The van der Waals surface area contributed by atoms with Crippen molar-refractivity contribution in [3.8, 4) is 5.75 Å². The Morgan fingerprint density at radius 3 is 3.18 bits per heavy atom. The van der Waals surface area contributed by atoms with Crippen LogP contribution < -0.4 is 10.1 Å². The van der Waals surface area contributed by atoms with Crippen LogP contribution in [0.5, 0.6) is 5.75 Å². The van der Waals surface area contributed by atoms with Crippen LogP contribution in [0.4, 0.5) is 0 Å². The van der Waals surface area contributed by atoms with Gasteiger partial charge in [0, 0.05) is 6.61 Å². The van der Waals surface area contributed by atoms with Crippen molar-refractivity contribution in [3.63, 3.8) is 0 Å². The third kappa shape index (κ3) is 2.60. The van der Waals surface area contributed by atoms with Gasteiger partial charge in [0.25, 0.3) is 0 Å². The standard InChI is InChI=1S/C13H19NO3/c1-16-12-5-2-4-11(8-12)13(9-15)10-17-7-3-6-14-13/h2,4-5,8,14-15H,3,6-7,9-10H2,1H3. The lowest BCUT2D eigenvalue weighted by Gasteiger charge is -2.31. The SMILES string of the molecule is COc1cccc(C2(CO)COCCCN2)c1. The number of ether oxygens (including phenoxy) is 2.